The van der Waals surface area contributed by atoms with Crippen LogP contribution in [0, 0.1) is 0 Å². The normalized spacial score (nSPS) is 10.9. The van der Waals surface area contributed by atoms with Gasteiger partial charge < -0.3 is 0 Å². The third kappa shape index (κ3) is 6.08. The Morgan fingerprint density at radius 3 is 0.938 bits per heavy atom. The number of nitrogens with zero attached hydrogens (tertiary/aromatic N) is 7. The molecule has 0 bridgehead atoms. The highest BCUT2D eigenvalue weighted by molar-refractivity contribution is 5.73. The van der Waals surface area contributed by atoms with Gasteiger partial charge in [0, 0.05) is 34.0 Å². The van der Waals surface area contributed by atoms with Gasteiger partial charge in [0.05, 0.1) is 0 Å². The van der Waals surface area contributed by atoms with Crippen molar-refractivity contribution in [3.05, 3.63) is 164 Å². The highest BCUT2D eigenvalue weighted by atomic mass is 15.0. The summed E-state index contributed by atoms with van der Waals surface area (Å²) in [4.78, 5) is 33.7. The monoisotopic (exact) mass is 617 g/mol. The van der Waals surface area contributed by atoms with Gasteiger partial charge >= 0.3 is 0 Å². The lowest BCUT2D eigenvalue weighted by Gasteiger charge is -2.10. The first-order valence-electron chi connectivity index (χ1n) is 15.6. The molecule has 0 aliphatic heterocycles. The van der Waals surface area contributed by atoms with Gasteiger partial charge in [-0.2, -0.15) is 0 Å². The van der Waals surface area contributed by atoms with E-state index in [0.29, 0.717) is 40.6 Å². The maximum atomic E-state index is 4.87. The SMILES string of the molecule is c1ccc(-c2nc(-c3ccccc3)nc(-c3ccc(-c4ccnc(-c5nc(-c6ccccc6)nc(-c6ccccc6)n5)c4)cc3)n2)cc1. The average Bonchev–Trinajstić information content (AvgIpc) is 3.19. The van der Waals surface area contributed by atoms with Crippen molar-refractivity contribution in [2.75, 3.05) is 0 Å². The summed E-state index contributed by atoms with van der Waals surface area (Å²) in [6.07, 6.45) is 1.79. The van der Waals surface area contributed by atoms with Crippen LogP contribution in [0.15, 0.2) is 164 Å². The van der Waals surface area contributed by atoms with Gasteiger partial charge in [0.25, 0.3) is 0 Å². The quantitative estimate of drug-likeness (QED) is 0.176. The molecule has 48 heavy (non-hydrogen) atoms. The van der Waals surface area contributed by atoms with E-state index < -0.39 is 0 Å². The van der Waals surface area contributed by atoms with E-state index in [9.17, 15) is 0 Å². The first-order valence-corrected chi connectivity index (χ1v) is 15.6. The minimum Gasteiger partial charge on any atom is -0.253 e. The van der Waals surface area contributed by atoms with Gasteiger partial charge in [0.15, 0.2) is 34.9 Å². The standard InChI is InChI=1S/C41H27N7/c1-5-13-29(14-6-1)36-43-37(30-15-7-2-8-16-30)45-40(44-36)33-23-21-28(22-24-33)34-25-26-42-35(27-34)41-47-38(31-17-9-3-10-18-31)46-39(48-41)32-19-11-4-12-20-32/h1-27H. The molecule has 0 spiro atoms. The molecule has 0 aliphatic rings. The van der Waals surface area contributed by atoms with Gasteiger partial charge in [0.1, 0.15) is 5.69 Å². The molecular formula is C41H27N7. The van der Waals surface area contributed by atoms with E-state index in [4.69, 9.17) is 29.9 Å². The van der Waals surface area contributed by atoms with E-state index in [1.54, 1.807) is 6.20 Å². The molecule has 0 amide bonds. The van der Waals surface area contributed by atoms with E-state index in [0.717, 1.165) is 38.9 Å². The molecule has 5 aromatic carbocycles. The summed E-state index contributed by atoms with van der Waals surface area (Å²) in [5.74, 6) is 3.56. The Hall–Kier alpha value is -6.73. The summed E-state index contributed by atoms with van der Waals surface area (Å²) >= 11 is 0. The third-order valence-electron chi connectivity index (χ3n) is 7.86. The van der Waals surface area contributed by atoms with E-state index in [2.05, 4.69) is 17.1 Å². The minimum absolute atomic E-state index is 0.508. The van der Waals surface area contributed by atoms with Gasteiger partial charge in [-0.1, -0.05) is 146 Å². The molecule has 8 rings (SSSR count). The zero-order valence-corrected chi connectivity index (χ0v) is 25.7. The largest absolute Gasteiger partial charge is 0.253 e. The van der Waals surface area contributed by atoms with Crippen molar-refractivity contribution in [1.82, 2.24) is 34.9 Å². The Kier molecular flexibility index (Phi) is 7.74. The van der Waals surface area contributed by atoms with Gasteiger partial charge in [-0.3, -0.25) is 4.98 Å². The average molecular weight is 618 g/mol. The number of hydrogen-bond acceptors (Lipinski definition) is 7. The smallest absolute Gasteiger partial charge is 0.182 e. The molecule has 0 N–H and O–H groups in total. The number of aromatic nitrogens is 7. The maximum absolute atomic E-state index is 4.87. The van der Waals surface area contributed by atoms with E-state index >= 15 is 0 Å². The second-order valence-corrected chi connectivity index (χ2v) is 11.1. The first-order chi connectivity index (χ1) is 23.8. The van der Waals surface area contributed by atoms with Crippen molar-refractivity contribution in [3.63, 3.8) is 0 Å². The van der Waals surface area contributed by atoms with Crippen LogP contribution in [-0.4, -0.2) is 34.9 Å². The Morgan fingerprint density at radius 2 is 0.562 bits per heavy atom. The van der Waals surface area contributed by atoms with Crippen molar-refractivity contribution >= 4 is 0 Å². The topological polar surface area (TPSA) is 90.2 Å². The van der Waals surface area contributed by atoms with Crippen LogP contribution in [0.2, 0.25) is 0 Å². The second-order valence-electron chi connectivity index (χ2n) is 11.1. The Bertz CT molecular complexity index is 2200. The summed E-state index contributed by atoms with van der Waals surface area (Å²) < 4.78 is 0. The number of benzene rings is 5. The number of rotatable bonds is 7. The van der Waals surface area contributed by atoms with Crippen molar-refractivity contribution in [2.45, 2.75) is 0 Å². The van der Waals surface area contributed by atoms with Crippen LogP contribution in [0.25, 0.3) is 79.6 Å². The molecule has 0 aliphatic carbocycles. The van der Waals surface area contributed by atoms with Crippen molar-refractivity contribution in [1.29, 1.82) is 0 Å². The van der Waals surface area contributed by atoms with Crippen molar-refractivity contribution in [3.8, 4) is 79.6 Å². The molecule has 0 saturated carbocycles. The van der Waals surface area contributed by atoms with Crippen LogP contribution in [0.5, 0.6) is 0 Å². The molecule has 226 valence electrons. The second kappa shape index (κ2) is 12.9. The highest BCUT2D eigenvalue weighted by Gasteiger charge is 2.15. The molecule has 0 saturated heterocycles. The van der Waals surface area contributed by atoms with Crippen molar-refractivity contribution in [2.24, 2.45) is 0 Å². The van der Waals surface area contributed by atoms with Crippen LogP contribution >= 0.6 is 0 Å². The fourth-order valence-electron chi connectivity index (χ4n) is 5.40. The van der Waals surface area contributed by atoms with Crippen LogP contribution < -0.4 is 0 Å². The molecule has 3 aromatic heterocycles. The van der Waals surface area contributed by atoms with Crippen LogP contribution in [0.3, 0.4) is 0 Å². The van der Waals surface area contributed by atoms with E-state index in [-0.39, 0.29) is 0 Å². The Balaban J connectivity index is 1.16. The fraction of sp³-hybridized carbons (Fsp3) is 0. The highest BCUT2D eigenvalue weighted by Crippen LogP contribution is 2.29. The minimum atomic E-state index is 0.508. The van der Waals surface area contributed by atoms with Crippen molar-refractivity contribution < 1.29 is 0 Å². The van der Waals surface area contributed by atoms with Gasteiger partial charge in [-0.25, -0.2) is 29.9 Å². The lowest BCUT2D eigenvalue weighted by Crippen LogP contribution is -2.01. The molecule has 0 unspecified atom stereocenters. The maximum Gasteiger partial charge on any atom is 0.182 e. The van der Waals surface area contributed by atoms with Crippen LogP contribution in [0.4, 0.5) is 0 Å². The summed E-state index contributed by atoms with van der Waals surface area (Å²) in [5.41, 5.74) is 7.24. The molecular weight excluding hydrogens is 591 g/mol. The zero-order valence-electron chi connectivity index (χ0n) is 25.7. The van der Waals surface area contributed by atoms with E-state index in [1.165, 1.54) is 0 Å². The predicted molar refractivity (Wildman–Crippen MR) is 189 cm³/mol. The van der Waals surface area contributed by atoms with Crippen LogP contribution in [0.1, 0.15) is 0 Å². The molecule has 3 heterocycles. The molecule has 7 heteroatoms. The summed E-state index contributed by atoms with van der Waals surface area (Å²) in [6, 6.07) is 52.0. The molecule has 0 radical (unpaired) electrons. The van der Waals surface area contributed by atoms with Gasteiger partial charge in [-0.05, 0) is 23.3 Å². The fourth-order valence-corrected chi connectivity index (χ4v) is 5.40. The van der Waals surface area contributed by atoms with E-state index in [1.807, 2.05) is 146 Å². The zero-order chi connectivity index (χ0) is 32.1. The predicted octanol–water partition coefficient (Wildman–Crippen LogP) is 9.12. The third-order valence-corrected chi connectivity index (χ3v) is 7.86. The summed E-state index contributed by atoms with van der Waals surface area (Å²) in [6.45, 7) is 0. The summed E-state index contributed by atoms with van der Waals surface area (Å²) in [7, 11) is 0. The number of pyridine rings is 1. The molecule has 0 fully saturated rings. The van der Waals surface area contributed by atoms with Gasteiger partial charge in [-0.15, -0.1) is 0 Å². The Morgan fingerprint density at radius 1 is 0.250 bits per heavy atom. The Labute approximate surface area is 277 Å². The summed E-state index contributed by atoms with van der Waals surface area (Å²) in [5, 5.41) is 0. The van der Waals surface area contributed by atoms with Crippen LogP contribution in [-0.2, 0) is 0 Å². The lowest BCUT2D eigenvalue weighted by atomic mass is 10.0. The molecule has 8 aromatic rings. The lowest BCUT2D eigenvalue weighted by molar-refractivity contribution is 1.06. The number of hydrogen-bond donors (Lipinski definition) is 0. The molecule has 7 nitrogen and oxygen atoms in total. The first kappa shape index (κ1) is 28.7. The van der Waals surface area contributed by atoms with Gasteiger partial charge in [0.2, 0.25) is 0 Å². The molecule has 0 atom stereocenters.